The molecule has 3 rings (SSSR count). The summed E-state index contributed by atoms with van der Waals surface area (Å²) in [6.07, 6.45) is 20.6. The second-order valence-electron chi connectivity index (χ2n) is 12.7. The van der Waals surface area contributed by atoms with Crippen LogP contribution in [0.3, 0.4) is 0 Å². The van der Waals surface area contributed by atoms with E-state index in [2.05, 4.69) is 45.1 Å². The molecule has 0 N–H and O–H groups in total. The van der Waals surface area contributed by atoms with Crippen LogP contribution in [0.1, 0.15) is 111 Å². The molecule has 0 radical (unpaired) electrons. The Morgan fingerprint density at radius 2 is 1.74 bits per heavy atom. The van der Waals surface area contributed by atoms with Gasteiger partial charge in [0.2, 0.25) is 0 Å². The third-order valence-electron chi connectivity index (χ3n) is 9.00. The molecule has 3 fully saturated rings. The van der Waals surface area contributed by atoms with Crippen molar-refractivity contribution in [3.8, 4) is 0 Å². The second kappa shape index (κ2) is 18.8. The summed E-state index contributed by atoms with van der Waals surface area (Å²) < 4.78 is 35.6. The summed E-state index contributed by atoms with van der Waals surface area (Å²) in [5.41, 5.74) is -0.0670. The molecule has 240 valence electrons. The van der Waals surface area contributed by atoms with E-state index in [1.54, 1.807) is 0 Å². The standard InChI is InChI=1S/C34H56O8/c1-5-6-21-34(2,3)30(42-33-18-12-14-23-39-33)20-19-27-26(15-9-7-8-10-16-31(36)37-4)28(40-25-35)24-29(27)41-32-17-11-13-22-38-32/h7,9,19-20,25-30,32-33H,5-6,8,10-18,21-24H2,1-4H3/t26-,27-,28-,29-,30-,32?,33?/m1/s1. The Hall–Kier alpha value is -1.74. The van der Waals surface area contributed by atoms with Crippen LogP contribution in [0.5, 0.6) is 0 Å². The fourth-order valence-electron chi connectivity index (χ4n) is 6.36. The van der Waals surface area contributed by atoms with Gasteiger partial charge in [0.15, 0.2) is 12.6 Å². The first-order chi connectivity index (χ1) is 20.4. The molecule has 0 amide bonds. The van der Waals surface area contributed by atoms with E-state index >= 15 is 0 Å². The molecule has 8 heteroatoms. The Balaban J connectivity index is 1.80. The summed E-state index contributed by atoms with van der Waals surface area (Å²) in [7, 11) is 1.42. The normalized spacial score (nSPS) is 29.6. The lowest BCUT2D eigenvalue weighted by Crippen LogP contribution is -2.37. The molecule has 2 aliphatic heterocycles. The van der Waals surface area contributed by atoms with Gasteiger partial charge in [-0.05, 0) is 69.6 Å². The smallest absolute Gasteiger partial charge is 0.305 e. The topological polar surface area (TPSA) is 89.5 Å². The van der Waals surface area contributed by atoms with Crippen molar-refractivity contribution in [2.45, 2.75) is 142 Å². The average Bonchev–Trinajstić information content (AvgIpc) is 3.31. The van der Waals surface area contributed by atoms with Crippen LogP contribution in [0.4, 0.5) is 0 Å². The van der Waals surface area contributed by atoms with Crippen LogP contribution in [0.15, 0.2) is 24.3 Å². The van der Waals surface area contributed by atoms with E-state index in [0.29, 0.717) is 25.9 Å². The zero-order valence-corrected chi connectivity index (χ0v) is 26.5. The molecule has 2 unspecified atom stereocenters. The molecule has 2 saturated heterocycles. The van der Waals surface area contributed by atoms with Crippen LogP contribution in [-0.2, 0) is 38.0 Å². The fraction of sp³-hybridized carbons (Fsp3) is 0.824. The third kappa shape index (κ3) is 11.4. The molecular weight excluding hydrogens is 536 g/mol. The van der Waals surface area contributed by atoms with Gasteiger partial charge in [-0.3, -0.25) is 9.59 Å². The van der Waals surface area contributed by atoms with Crippen molar-refractivity contribution in [3.05, 3.63) is 24.3 Å². The molecule has 0 aromatic heterocycles. The Labute approximate surface area is 253 Å². The summed E-state index contributed by atoms with van der Waals surface area (Å²) in [5, 5.41) is 0. The second-order valence-corrected chi connectivity index (χ2v) is 12.7. The van der Waals surface area contributed by atoms with E-state index in [-0.39, 0.29) is 54.1 Å². The van der Waals surface area contributed by atoms with Gasteiger partial charge in [-0.1, -0.05) is 57.9 Å². The van der Waals surface area contributed by atoms with Crippen LogP contribution in [0.2, 0.25) is 0 Å². The van der Waals surface area contributed by atoms with Crippen LogP contribution >= 0.6 is 0 Å². The van der Waals surface area contributed by atoms with Crippen LogP contribution in [0.25, 0.3) is 0 Å². The Kier molecular flexibility index (Phi) is 15.6. The molecule has 1 aliphatic carbocycles. The molecule has 42 heavy (non-hydrogen) atoms. The van der Waals surface area contributed by atoms with Gasteiger partial charge in [-0.15, -0.1) is 0 Å². The maximum atomic E-state index is 11.5. The highest BCUT2D eigenvalue weighted by atomic mass is 16.7. The summed E-state index contributed by atoms with van der Waals surface area (Å²) in [6.45, 7) is 8.82. The first kappa shape index (κ1) is 34.7. The minimum atomic E-state index is -0.250. The zero-order valence-electron chi connectivity index (χ0n) is 26.5. The van der Waals surface area contributed by atoms with E-state index in [1.807, 2.05) is 0 Å². The zero-order chi connectivity index (χ0) is 30.2. The van der Waals surface area contributed by atoms with E-state index < -0.39 is 0 Å². The first-order valence-electron chi connectivity index (χ1n) is 16.4. The van der Waals surface area contributed by atoms with Crippen molar-refractivity contribution in [2.75, 3.05) is 20.3 Å². The largest absolute Gasteiger partial charge is 0.469 e. The number of hydrogen-bond acceptors (Lipinski definition) is 8. The van der Waals surface area contributed by atoms with Gasteiger partial charge >= 0.3 is 5.97 Å². The number of allylic oxidation sites excluding steroid dienone is 2. The molecule has 0 aromatic carbocycles. The Morgan fingerprint density at radius 1 is 1.00 bits per heavy atom. The summed E-state index contributed by atoms with van der Waals surface area (Å²) in [4.78, 5) is 23.0. The van der Waals surface area contributed by atoms with Crippen molar-refractivity contribution in [3.63, 3.8) is 0 Å². The Bertz CT molecular complexity index is 827. The predicted octanol–water partition coefficient (Wildman–Crippen LogP) is 7.05. The maximum Gasteiger partial charge on any atom is 0.305 e. The number of carbonyl (C=O) groups is 2. The van der Waals surface area contributed by atoms with Crippen molar-refractivity contribution in [1.29, 1.82) is 0 Å². The quantitative estimate of drug-likeness (QED) is 0.0724. The highest BCUT2D eigenvalue weighted by Gasteiger charge is 2.45. The van der Waals surface area contributed by atoms with Gasteiger partial charge in [0.05, 0.1) is 19.3 Å². The van der Waals surface area contributed by atoms with Crippen LogP contribution in [-0.4, -0.2) is 63.7 Å². The molecule has 2 heterocycles. The van der Waals surface area contributed by atoms with Gasteiger partial charge in [0.25, 0.3) is 6.47 Å². The Morgan fingerprint density at radius 3 is 2.38 bits per heavy atom. The molecule has 7 atom stereocenters. The predicted molar refractivity (Wildman–Crippen MR) is 162 cm³/mol. The number of esters is 1. The maximum absolute atomic E-state index is 11.5. The molecular formula is C34H56O8. The van der Waals surface area contributed by atoms with E-state index in [0.717, 1.165) is 83.7 Å². The summed E-state index contributed by atoms with van der Waals surface area (Å²) >= 11 is 0. The van der Waals surface area contributed by atoms with Crippen molar-refractivity contribution in [1.82, 2.24) is 0 Å². The number of rotatable bonds is 18. The molecule has 1 saturated carbocycles. The molecule has 0 spiro atoms. The van der Waals surface area contributed by atoms with E-state index in [9.17, 15) is 9.59 Å². The first-order valence-corrected chi connectivity index (χ1v) is 16.4. The number of carbonyl (C=O) groups excluding carboxylic acids is 2. The lowest BCUT2D eigenvalue weighted by atomic mass is 9.80. The summed E-state index contributed by atoms with van der Waals surface area (Å²) in [5.74, 6) is -0.103. The van der Waals surface area contributed by atoms with E-state index in [1.165, 1.54) is 7.11 Å². The highest BCUT2D eigenvalue weighted by Crippen LogP contribution is 2.42. The monoisotopic (exact) mass is 592 g/mol. The minimum Gasteiger partial charge on any atom is -0.469 e. The van der Waals surface area contributed by atoms with Crippen LogP contribution in [0, 0.1) is 17.3 Å². The van der Waals surface area contributed by atoms with Gasteiger partial charge < -0.3 is 28.4 Å². The third-order valence-corrected chi connectivity index (χ3v) is 9.00. The number of hydrogen-bond donors (Lipinski definition) is 0. The fourth-order valence-corrected chi connectivity index (χ4v) is 6.36. The lowest BCUT2D eigenvalue weighted by Gasteiger charge is -2.36. The molecule has 0 aromatic rings. The van der Waals surface area contributed by atoms with Crippen LogP contribution < -0.4 is 0 Å². The lowest BCUT2D eigenvalue weighted by molar-refractivity contribution is -0.198. The highest BCUT2D eigenvalue weighted by molar-refractivity contribution is 5.69. The molecule has 3 aliphatic rings. The SMILES string of the molecule is CCCCC(C)(C)[C@@H](C=C[C@@H]1[C@@H](CC=CCCCC(=O)OC)[C@H](OC=O)C[C@H]1OC1CCCCO1)OC1CCCCO1. The van der Waals surface area contributed by atoms with Crippen molar-refractivity contribution < 1.29 is 38.0 Å². The van der Waals surface area contributed by atoms with E-state index in [4.69, 9.17) is 28.4 Å². The van der Waals surface area contributed by atoms with Gasteiger partial charge in [-0.2, -0.15) is 0 Å². The van der Waals surface area contributed by atoms with Gasteiger partial charge in [0, 0.05) is 37.9 Å². The van der Waals surface area contributed by atoms with Gasteiger partial charge in [0.1, 0.15) is 6.10 Å². The van der Waals surface area contributed by atoms with Crippen molar-refractivity contribution in [2.24, 2.45) is 17.3 Å². The molecule has 0 bridgehead atoms. The minimum absolute atomic E-state index is 0.0283. The van der Waals surface area contributed by atoms with Gasteiger partial charge in [-0.25, -0.2) is 0 Å². The number of ether oxygens (including phenoxy) is 6. The summed E-state index contributed by atoms with van der Waals surface area (Å²) in [6, 6.07) is 0. The average molecular weight is 593 g/mol. The number of unbranched alkanes of at least 4 members (excludes halogenated alkanes) is 2. The molecule has 8 nitrogen and oxygen atoms in total. The number of methoxy groups -OCH3 is 1. The van der Waals surface area contributed by atoms with Crippen molar-refractivity contribution >= 4 is 12.4 Å².